The molecule has 0 spiro atoms. The lowest BCUT2D eigenvalue weighted by Gasteiger charge is -2.03. The minimum atomic E-state index is 0.839. The lowest BCUT2D eigenvalue weighted by Crippen LogP contribution is -1.91. The lowest BCUT2D eigenvalue weighted by molar-refractivity contribution is 0.799. The maximum absolute atomic E-state index is 8.96. The molecule has 0 heterocycles. The molecule has 0 radical (unpaired) electrons. The monoisotopic (exact) mass is 247 g/mol. The van der Waals surface area contributed by atoms with Gasteiger partial charge in [-0.05, 0) is 48.8 Å². The van der Waals surface area contributed by atoms with E-state index in [1.165, 1.54) is 42.8 Å². The summed E-state index contributed by atoms with van der Waals surface area (Å²) in [5.41, 5.74) is 2.04. The van der Waals surface area contributed by atoms with Crippen LogP contribution in [0.15, 0.2) is 24.3 Å². The average molecular weight is 247 g/mol. The number of hydrogen-bond acceptors (Lipinski definition) is 2. The Morgan fingerprint density at radius 2 is 1.88 bits per heavy atom. The Balaban J connectivity index is 2.16. The van der Waals surface area contributed by atoms with Crippen LogP contribution in [0, 0.1) is 11.3 Å². The summed E-state index contributed by atoms with van der Waals surface area (Å²) in [6, 6.07) is 10.2. The van der Waals surface area contributed by atoms with Crippen molar-refractivity contribution in [3.05, 3.63) is 35.4 Å². The van der Waals surface area contributed by atoms with Crippen molar-refractivity contribution in [3.63, 3.8) is 0 Å². The van der Waals surface area contributed by atoms with Gasteiger partial charge >= 0.3 is 0 Å². The van der Waals surface area contributed by atoms with Crippen molar-refractivity contribution >= 4 is 11.8 Å². The second kappa shape index (κ2) is 9.13. The van der Waals surface area contributed by atoms with Crippen LogP contribution < -0.4 is 0 Å². The third-order valence-corrected chi connectivity index (χ3v) is 3.92. The summed E-state index contributed by atoms with van der Waals surface area (Å²) in [7, 11) is 0. The van der Waals surface area contributed by atoms with Crippen LogP contribution in [0.4, 0.5) is 0 Å². The number of unbranched alkanes of at least 4 members (excludes halogenated alkanes) is 2. The first-order valence-electron chi connectivity index (χ1n) is 6.44. The predicted octanol–water partition coefficient (Wildman–Crippen LogP) is 4.41. The summed E-state index contributed by atoms with van der Waals surface area (Å²) in [5.74, 6) is 2.56. The molecule has 0 aromatic heterocycles. The van der Waals surface area contributed by atoms with E-state index in [1.807, 2.05) is 18.2 Å². The number of thioether (sulfide) groups is 1. The van der Waals surface area contributed by atoms with E-state index in [2.05, 4.69) is 30.8 Å². The molecule has 17 heavy (non-hydrogen) atoms. The Morgan fingerprint density at radius 3 is 2.65 bits per heavy atom. The van der Waals surface area contributed by atoms with Crippen molar-refractivity contribution in [1.29, 1.82) is 5.26 Å². The van der Waals surface area contributed by atoms with Crippen molar-refractivity contribution in [1.82, 2.24) is 0 Å². The molecule has 1 rings (SSSR count). The molecule has 0 atom stereocenters. The molecule has 1 nitrogen and oxygen atoms in total. The van der Waals surface area contributed by atoms with Crippen molar-refractivity contribution in [3.8, 4) is 6.07 Å². The van der Waals surface area contributed by atoms with Gasteiger partial charge in [0.1, 0.15) is 0 Å². The van der Waals surface area contributed by atoms with Gasteiger partial charge < -0.3 is 0 Å². The Labute approximate surface area is 109 Å². The molecule has 92 valence electrons. The van der Waals surface area contributed by atoms with Gasteiger partial charge in [0.15, 0.2) is 0 Å². The quantitative estimate of drug-likeness (QED) is 0.635. The largest absolute Gasteiger partial charge is 0.192 e. The van der Waals surface area contributed by atoms with Crippen LogP contribution in [0.5, 0.6) is 0 Å². The number of nitrogens with zero attached hydrogens (tertiary/aromatic N) is 1. The zero-order chi connectivity index (χ0) is 12.3. The number of nitriles is 1. The smallest absolute Gasteiger partial charge is 0.0994 e. The fraction of sp³-hybridized carbons (Fsp3) is 0.533. The molecule has 1 aromatic rings. The van der Waals surface area contributed by atoms with Gasteiger partial charge in [-0.1, -0.05) is 31.5 Å². The van der Waals surface area contributed by atoms with E-state index in [1.54, 1.807) is 0 Å². The summed E-state index contributed by atoms with van der Waals surface area (Å²) < 4.78 is 0. The second-order valence-electron chi connectivity index (χ2n) is 4.19. The molecule has 0 aliphatic heterocycles. The van der Waals surface area contributed by atoms with Gasteiger partial charge in [0.25, 0.3) is 0 Å². The third kappa shape index (κ3) is 5.79. The Morgan fingerprint density at radius 1 is 1.12 bits per heavy atom. The molecule has 0 unspecified atom stereocenters. The number of rotatable bonds is 8. The molecule has 0 saturated carbocycles. The van der Waals surface area contributed by atoms with Gasteiger partial charge in [-0.15, -0.1) is 0 Å². The molecular formula is C15H21NS. The summed E-state index contributed by atoms with van der Waals surface area (Å²) in [5, 5.41) is 8.96. The number of aryl methyl sites for hydroxylation is 1. The van der Waals surface area contributed by atoms with E-state index >= 15 is 0 Å². The molecule has 0 bridgehead atoms. The van der Waals surface area contributed by atoms with Crippen LogP contribution in [0.25, 0.3) is 0 Å². The molecule has 0 saturated heterocycles. The van der Waals surface area contributed by atoms with Gasteiger partial charge in [-0.2, -0.15) is 17.0 Å². The van der Waals surface area contributed by atoms with Crippen LogP contribution in [0.3, 0.4) is 0 Å². The minimum Gasteiger partial charge on any atom is -0.192 e. The number of hydrogen-bond donors (Lipinski definition) is 0. The zero-order valence-corrected chi connectivity index (χ0v) is 11.4. The van der Waals surface area contributed by atoms with E-state index in [0.717, 1.165) is 12.0 Å². The zero-order valence-electron chi connectivity index (χ0n) is 10.6. The highest BCUT2D eigenvalue weighted by atomic mass is 32.2. The van der Waals surface area contributed by atoms with Crippen molar-refractivity contribution < 1.29 is 0 Å². The van der Waals surface area contributed by atoms with Crippen LogP contribution in [0.1, 0.15) is 43.7 Å². The second-order valence-corrected chi connectivity index (χ2v) is 5.42. The highest BCUT2D eigenvalue weighted by Gasteiger charge is 2.00. The third-order valence-electron chi connectivity index (χ3n) is 2.76. The van der Waals surface area contributed by atoms with E-state index in [9.17, 15) is 0 Å². The first-order valence-corrected chi connectivity index (χ1v) is 7.59. The first kappa shape index (κ1) is 14.1. The fourth-order valence-corrected chi connectivity index (χ4v) is 2.82. The Bertz CT molecular complexity index is 354. The molecule has 0 N–H and O–H groups in total. The van der Waals surface area contributed by atoms with Crippen molar-refractivity contribution in [2.75, 3.05) is 11.5 Å². The van der Waals surface area contributed by atoms with Crippen LogP contribution in [0.2, 0.25) is 0 Å². The van der Waals surface area contributed by atoms with E-state index in [-0.39, 0.29) is 0 Å². The van der Waals surface area contributed by atoms with Gasteiger partial charge in [-0.25, -0.2) is 0 Å². The molecule has 0 amide bonds. The summed E-state index contributed by atoms with van der Waals surface area (Å²) in [6.07, 6.45) is 6.12. The standard InChI is InChI=1S/C15H21NS/c1-2-3-11-17-12-7-6-9-14-8-4-5-10-15(14)13-16/h4-5,8,10H,2-3,6-7,9,11-12H2,1H3. The van der Waals surface area contributed by atoms with Crippen LogP contribution in [-0.2, 0) is 6.42 Å². The highest BCUT2D eigenvalue weighted by molar-refractivity contribution is 7.99. The average Bonchev–Trinajstić information content (AvgIpc) is 2.38. The van der Waals surface area contributed by atoms with Crippen molar-refractivity contribution in [2.45, 2.75) is 39.0 Å². The maximum atomic E-state index is 8.96. The molecular weight excluding hydrogens is 226 g/mol. The molecule has 0 fully saturated rings. The topological polar surface area (TPSA) is 23.8 Å². The summed E-state index contributed by atoms with van der Waals surface area (Å²) in [6.45, 7) is 2.24. The van der Waals surface area contributed by atoms with Gasteiger partial charge in [0, 0.05) is 0 Å². The van der Waals surface area contributed by atoms with Crippen LogP contribution in [-0.4, -0.2) is 11.5 Å². The first-order chi connectivity index (χ1) is 8.38. The van der Waals surface area contributed by atoms with Gasteiger partial charge in [0.05, 0.1) is 11.6 Å². The normalized spacial score (nSPS) is 10.1. The number of benzene rings is 1. The minimum absolute atomic E-state index is 0.839. The van der Waals surface area contributed by atoms with E-state index in [0.29, 0.717) is 0 Å². The molecule has 2 heteroatoms. The Kier molecular flexibility index (Phi) is 7.58. The van der Waals surface area contributed by atoms with E-state index < -0.39 is 0 Å². The SMILES string of the molecule is CCCCSCCCCc1ccccc1C#N. The van der Waals surface area contributed by atoms with Crippen LogP contribution >= 0.6 is 11.8 Å². The van der Waals surface area contributed by atoms with Crippen molar-refractivity contribution in [2.24, 2.45) is 0 Å². The van der Waals surface area contributed by atoms with E-state index in [4.69, 9.17) is 5.26 Å². The lowest BCUT2D eigenvalue weighted by atomic mass is 10.0. The van der Waals surface area contributed by atoms with Gasteiger partial charge in [-0.3, -0.25) is 0 Å². The highest BCUT2D eigenvalue weighted by Crippen LogP contribution is 2.13. The molecule has 1 aromatic carbocycles. The summed E-state index contributed by atoms with van der Waals surface area (Å²) >= 11 is 2.06. The molecule has 0 aliphatic carbocycles. The maximum Gasteiger partial charge on any atom is 0.0994 e. The van der Waals surface area contributed by atoms with Gasteiger partial charge in [0.2, 0.25) is 0 Å². The fourth-order valence-electron chi connectivity index (χ4n) is 1.72. The molecule has 0 aliphatic rings. The summed E-state index contributed by atoms with van der Waals surface area (Å²) in [4.78, 5) is 0. The predicted molar refractivity (Wildman–Crippen MR) is 76.3 cm³/mol. The Hall–Kier alpha value is -0.940.